The van der Waals surface area contributed by atoms with E-state index >= 15 is 0 Å². The van der Waals surface area contributed by atoms with Crippen molar-refractivity contribution in [1.82, 2.24) is 14.8 Å². The Hall–Kier alpha value is -2.80. The van der Waals surface area contributed by atoms with E-state index in [1.54, 1.807) is 0 Å². The van der Waals surface area contributed by atoms with Crippen LogP contribution in [0.4, 0.5) is 5.69 Å². The van der Waals surface area contributed by atoms with Gasteiger partial charge in [-0.3, -0.25) is 4.79 Å². The summed E-state index contributed by atoms with van der Waals surface area (Å²) in [5.41, 5.74) is 2.93. The molecule has 1 N–H and O–H groups in total. The van der Waals surface area contributed by atoms with E-state index < -0.39 is 0 Å². The van der Waals surface area contributed by atoms with E-state index in [9.17, 15) is 4.79 Å². The van der Waals surface area contributed by atoms with Gasteiger partial charge in [0.15, 0.2) is 11.0 Å². The summed E-state index contributed by atoms with van der Waals surface area (Å²) in [5.74, 6) is 1.72. The highest BCUT2D eigenvalue weighted by Gasteiger charge is 2.13. The number of aryl methyl sites for hydroxylation is 2. The van der Waals surface area contributed by atoms with Crippen molar-refractivity contribution in [2.45, 2.75) is 25.6 Å². The SMILES string of the molecule is Cc1ccccc1NC(=O)CSc1nnc(COc2ccccc2C)n1C. The summed E-state index contributed by atoms with van der Waals surface area (Å²) in [5, 5.41) is 11.9. The van der Waals surface area contributed by atoms with E-state index in [1.807, 2.05) is 74.0 Å². The van der Waals surface area contributed by atoms with Crippen molar-refractivity contribution >= 4 is 23.4 Å². The highest BCUT2D eigenvalue weighted by molar-refractivity contribution is 7.99. The molecule has 1 aromatic heterocycles. The smallest absolute Gasteiger partial charge is 0.234 e. The van der Waals surface area contributed by atoms with Crippen molar-refractivity contribution < 1.29 is 9.53 Å². The van der Waals surface area contributed by atoms with Gasteiger partial charge in [0.1, 0.15) is 12.4 Å². The number of ether oxygens (including phenoxy) is 1. The van der Waals surface area contributed by atoms with E-state index in [2.05, 4.69) is 15.5 Å². The number of rotatable bonds is 7. The lowest BCUT2D eigenvalue weighted by Crippen LogP contribution is -2.15. The van der Waals surface area contributed by atoms with Gasteiger partial charge in [-0.1, -0.05) is 48.2 Å². The van der Waals surface area contributed by atoms with E-state index in [4.69, 9.17) is 4.74 Å². The van der Waals surface area contributed by atoms with Crippen LogP contribution in [-0.2, 0) is 18.4 Å². The summed E-state index contributed by atoms with van der Waals surface area (Å²) in [6.07, 6.45) is 0. The number of amides is 1. The van der Waals surface area contributed by atoms with Crippen LogP contribution in [0.3, 0.4) is 0 Å². The second-order valence-electron chi connectivity index (χ2n) is 6.16. The van der Waals surface area contributed by atoms with Gasteiger partial charge in [0.25, 0.3) is 0 Å². The van der Waals surface area contributed by atoms with Crippen LogP contribution in [-0.4, -0.2) is 26.4 Å². The van der Waals surface area contributed by atoms with Crippen molar-refractivity contribution in [3.8, 4) is 5.75 Å². The molecule has 0 saturated carbocycles. The maximum absolute atomic E-state index is 12.2. The molecule has 3 rings (SSSR count). The number of para-hydroxylation sites is 2. The first-order chi connectivity index (χ1) is 13.0. The summed E-state index contributed by atoms with van der Waals surface area (Å²) in [7, 11) is 1.87. The third-order valence-electron chi connectivity index (χ3n) is 4.13. The molecule has 0 aliphatic heterocycles. The van der Waals surface area contributed by atoms with Gasteiger partial charge in [0, 0.05) is 12.7 Å². The van der Waals surface area contributed by atoms with E-state index in [0.717, 1.165) is 22.6 Å². The van der Waals surface area contributed by atoms with Gasteiger partial charge >= 0.3 is 0 Å². The second kappa shape index (κ2) is 8.73. The molecule has 0 bridgehead atoms. The number of benzene rings is 2. The highest BCUT2D eigenvalue weighted by Crippen LogP contribution is 2.20. The van der Waals surface area contributed by atoms with Crippen LogP contribution in [0.5, 0.6) is 5.75 Å². The fraction of sp³-hybridized carbons (Fsp3) is 0.250. The van der Waals surface area contributed by atoms with Crippen molar-refractivity contribution in [2.75, 3.05) is 11.1 Å². The third kappa shape index (κ3) is 4.89. The van der Waals surface area contributed by atoms with Gasteiger partial charge in [-0.05, 0) is 37.1 Å². The van der Waals surface area contributed by atoms with Gasteiger partial charge in [-0.2, -0.15) is 0 Å². The Bertz CT molecular complexity index is 939. The largest absolute Gasteiger partial charge is 0.485 e. The zero-order chi connectivity index (χ0) is 19.2. The average Bonchev–Trinajstić information content (AvgIpc) is 3.01. The lowest BCUT2D eigenvalue weighted by Gasteiger charge is -2.09. The summed E-state index contributed by atoms with van der Waals surface area (Å²) in [6, 6.07) is 15.5. The Kier molecular flexibility index (Phi) is 6.13. The maximum Gasteiger partial charge on any atom is 0.234 e. The third-order valence-corrected chi connectivity index (χ3v) is 5.15. The molecule has 2 aromatic carbocycles. The Morgan fingerprint density at radius 2 is 1.78 bits per heavy atom. The first-order valence-electron chi connectivity index (χ1n) is 8.59. The summed E-state index contributed by atoms with van der Waals surface area (Å²) >= 11 is 1.35. The van der Waals surface area contributed by atoms with Crippen molar-refractivity contribution in [3.05, 3.63) is 65.5 Å². The Morgan fingerprint density at radius 1 is 1.07 bits per heavy atom. The van der Waals surface area contributed by atoms with Gasteiger partial charge in [0.2, 0.25) is 5.91 Å². The van der Waals surface area contributed by atoms with Crippen LogP contribution < -0.4 is 10.1 Å². The minimum absolute atomic E-state index is 0.0741. The molecule has 27 heavy (non-hydrogen) atoms. The van der Waals surface area contributed by atoms with Crippen LogP contribution in [0.1, 0.15) is 17.0 Å². The zero-order valence-corrected chi connectivity index (χ0v) is 16.4. The molecule has 1 amide bonds. The molecule has 7 heteroatoms. The van der Waals surface area contributed by atoms with Gasteiger partial charge in [-0.25, -0.2) is 0 Å². The molecule has 0 aliphatic carbocycles. The molecular formula is C20H22N4O2S. The van der Waals surface area contributed by atoms with Crippen molar-refractivity contribution in [1.29, 1.82) is 0 Å². The number of nitrogens with one attached hydrogen (secondary N) is 1. The van der Waals surface area contributed by atoms with Crippen LogP contribution >= 0.6 is 11.8 Å². The lowest BCUT2D eigenvalue weighted by molar-refractivity contribution is -0.113. The summed E-state index contributed by atoms with van der Waals surface area (Å²) in [6.45, 7) is 4.29. The molecule has 1 heterocycles. The molecule has 0 fully saturated rings. The summed E-state index contributed by atoms with van der Waals surface area (Å²) < 4.78 is 7.67. The van der Waals surface area contributed by atoms with E-state index in [0.29, 0.717) is 17.6 Å². The molecule has 0 atom stereocenters. The predicted octanol–water partition coefficient (Wildman–Crippen LogP) is 3.74. The normalized spacial score (nSPS) is 10.6. The molecule has 140 valence electrons. The number of carbonyl (C=O) groups excluding carboxylic acids is 1. The Morgan fingerprint density at radius 3 is 2.52 bits per heavy atom. The number of anilines is 1. The fourth-order valence-corrected chi connectivity index (χ4v) is 3.22. The standard InChI is InChI=1S/C20H22N4O2S/c1-14-8-4-6-10-16(14)21-19(25)13-27-20-23-22-18(24(20)3)12-26-17-11-7-5-9-15(17)2/h4-11H,12-13H2,1-3H3,(H,21,25). The van der Waals surface area contributed by atoms with Crippen LogP contribution in [0.15, 0.2) is 53.7 Å². The van der Waals surface area contributed by atoms with Gasteiger partial charge in [0.05, 0.1) is 5.75 Å². The van der Waals surface area contributed by atoms with Crippen LogP contribution in [0.2, 0.25) is 0 Å². The molecule has 0 aliphatic rings. The second-order valence-corrected chi connectivity index (χ2v) is 7.11. The Balaban J connectivity index is 1.55. The quantitative estimate of drug-likeness (QED) is 0.631. The molecule has 0 radical (unpaired) electrons. The van der Waals surface area contributed by atoms with E-state index in [1.165, 1.54) is 11.8 Å². The number of nitrogens with zero attached hydrogens (tertiary/aromatic N) is 3. The molecule has 0 spiro atoms. The molecule has 0 unspecified atom stereocenters. The minimum Gasteiger partial charge on any atom is -0.485 e. The fourth-order valence-electron chi connectivity index (χ4n) is 2.49. The first kappa shape index (κ1) is 19.0. The summed E-state index contributed by atoms with van der Waals surface area (Å²) in [4.78, 5) is 12.2. The molecule has 0 saturated heterocycles. The van der Waals surface area contributed by atoms with E-state index in [-0.39, 0.29) is 11.7 Å². The average molecular weight is 382 g/mol. The topological polar surface area (TPSA) is 69.0 Å². The molecular weight excluding hydrogens is 360 g/mol. The predicted molar refractivity (Wildman–Crippen MR) is 107 cm³/mol. The first-order valence-corrected chi connectivity index (χ1v) is 9.58. The maximum atomic E-state index is 12.2. The minimum atomic E-state index is -0.0741. The zero-order valence-electron chi connectivity index (χ0n) is 15.6. The van der Waals surface area contributed by atoms with Crippen molar-refractivity contribution in [2.24, 2.45) is 7.05 Å². The Labute approximate surface area is 163 Å². The van der Waals surface area contributed by atoms with Crippen LogP contribution in [0, 0.1) is 13.8 Å². The highest BCUT2D eigenvalue weighted by atomic mass is 32.2. The number of aromatic nitrogens is 3. The number of carbonyl (C=O) groups is 1. The monoisotopic (exact) mass is 382 g/mol. The number of hydrogen-bond acceptors (Lipinski definition) is 5. The van der Waals surface area contributed by atoms with Crippen molar-refractivity contribution in [3.63, 3.8) is 0 Å². The lowest BCUT2D eigenvalue weighted by atomic mass is 10.2. The molecule has 6 nitrogen and oxygen atoms in total. The number of thioether (sulfide) groups is 1. The van der Waals surface area contributed by atoms with Crippen LogP contribution in [0.25, 0.3) is 0 Å². The number of hydrogen-bond donors (Lipinski definition) is 1. The van der Waals surface area contributed by atoms with Gasteiger partial charge in [-0.15, -0.1) is 10.2 Å². The van der Waals surface area contributed by atoms with Gasteiger partial charge < -0.3 is 14.6 Å². The molecule has 3 aromatic rings.